The molecular formula is C10H21NOS. The van der Waals surface area contributed by atoms with E-state index in [9.17, 15) is 0 Å². The molecule has 0 aliphatic carbocycles. The van der Waals surface area contributed by atoms with Crippen LogP contribution in [-0.4, -0.2) is 35.3 Å². The summed E-state index contributed by atoms with van der Waals surface area (Å²) < 4.78 is 0. The highest BCUT2D eigenvalue weighted by atomic mass is 32.2. The van der Waals surface area contributed by atoms with Gasteiger partial charge in [0.15, 0.2) is 0 Å². The monoisotopic (exact) mass is 203 g/mol. The van der Waals surface area contributed by atoms with Crippen molar-refractivity contribution >= 4 is 11.8 Å². The fraction of sp³-hybridized carbons (Fsp3) is 1.00. The summed E-state index contributed by atoms with van der Waals surface area (Å²) in [7, 11) is 0. The van der Waals surface area contributed by atoms with Crippen molar-refractivity contribution in [3.63, 3.8) is 0 Å². The average molecular weight is 203 g/mol. The summed E-state index contributed by atoms with van der Waals surface area (Å²) in [5, 5.41) is 13.1. The number of thioether (sulfide) groups is 1. The van der Waals surface area contributed by atoms with Gasteiger partial charge in [-0.05, 0) is 31.1 Å². The van der Waals surface area contributed by atoms with Crippen LogP contribution >= 0.6 is 11.8 Å². The van der Waals surface area contributed by atoms with Gasteiger partial charge in [-0.25, -0.2) is 0 Å². The molecule has 1 aliphatic rings. The molecule has 3 unspecified atom stereocenters. The van der Waals surface area contributed by atoms with E-state index < -0.39 is 0 Å². The molecule has 2 N–H and O–H groups in total. The van der Waals surface area contributed by atoms with Crippen LogP contribution in [-0.2, 0) is 0 Å². The molecule has 0 aromatic rings. The maximum atomic E-state index is 8.75. The molecule has 1 saturated heterocycles. The van der Waals surface area contributed by atoms with Crippen LogP contribution in [0.3, 0.4) is 0 Å². The highest BCUT2D eigenvalue weighted by Gasteiger charge is 2.23. The van der Waals surface area contributed by atoms with Crippen molar-refractivity contribution in [3.8, 4) is 0 Å². The first-order valence-electron chi connectivity index (χ1n) is 5.20. The summed E-state index contributed by atoms with van der Waals surface area (Å²) in [6.07, 6.45) is 2.22. The highest BCUT2D eigenvalue weighted by molar-refractivity contribution is 8.00. The zero-order valence-corrected chi connectivity index (χ0v) is 9.44. The molecule has 0 amide bonds. The molecular weight excluding hydrogens is 182 g/mol. The van der Waals surface area contributed by atoms with Crippen LogP contribution in [0.25, 0.3) is 0 Å². The third-order valence-electron chi connectivity index (χ3n) is 2.73. The van der Waals surface area contributed by atoms with Gasteiger partial charge in [0.1, 0.15) is 0 Å². The van der Waals surface area contributed by atoms with E-state index in [4.69, 9.17) is 5.11 Å². The Hall–Kier alpha value is 0.270. The van der Waals surface area contributed by atoms with E-state index in [0.717, 1.165) is 18.2 Å². The van der Waals surface area contributed by atoms with Gasteiger partial charge in [-0.2, -0.15) is 11.8 Å². The summed E-state index contributed by atoms with van der Waals surface area (Å²) in [6.45, 7) is 5.86. The number of nitrogens with one attached hydrogen (secondary N) is 1. The number of aliphatic hydroxyl groups excluding tert-OH is 1. The van der Waals surface area contributed by atoms with Crippen molar-refractivity contribution in [2.75, 3.05) is 18.9 Å². The average Bonchev–Trinajstić information content (AvgIpc) is 2.48. The zero-order chi connectivity index (χ0) is 9.68. The third kappa shape index (κ3) is 3.88. The third-order valence-corrected chi connectivity index (χ3v) is 4.05. The van der Waals surface area contributed by atoms with Crippen LogP contribution in [0.2, 0.25) is 0 Å². The van der Waals surface area contributed by atoms with Crippen LogP contribution < -0.4 is 5.32 Å². The molecule has 0 radical (unpaired) electrons. The van der Waals surface area contributed by atoms with Gasteiger partial charge in [0, 0.05) is 17.9 Å². The van der Waals surface area contributed by atoms with E-state index in [1.54, 1.807) is 0 Å². The fourth-order valence-corrected chi connectivity index (χ4v) is 2.90. The lowest BCUT2D eigenvalue weighted by Gasteiger charge is -2.19. The summed E-state index contributed by atoms with van der Waals surface area (Å²) >= 11 is 2.06. The Kier molecular flexibility index (Phi) is 5.14. The molecule has 3 heteroatoms. The second-order valence-corrected chi connectivity index (χ2v) is 5.48. The van der Waals surface area contributed by atoms with E-state index in [1.165, 1.54) is 12.2 Å². The van der Waals surface area contributed by atoms with Gasteiger partial charge in [0.05, 0.1) is 0 Å². The second kappa shape index (κ2) is 5.89. The van der Waals surface area contributed by atoms with Crippen molar-refractivity contribution in [1.82, 2.24) is 5.32 Å². The van der Waals surface area contributed by atoms with Gasteiger partial charge < -0.3 is 10.4 Å². The Morgan fingerprint density at radius 2 is 2.38 bits per heavy atom. The minimum Gasteiger partial charge on any atom is -0.396 e. The number of hydrogen-bond donors (Lipinski definition) is 2. The van der Waals surface area contributed by atoms with E-state index >= 15 is 0 Å². The molecule has 2 nitrogen and oxygen atoms in total. The van der Waals surface area contributed by atoms with E-state index in [-0.39, 0.29) is 0 Å². The van der Waals surface area contributed by atoms with E-state index in [1.807, 2.05) is 0 Å². The molecule has 0 aromatic heterocycles. The van der Waals surface area contributed by atoms with Gasteiger partial charge in [-0.15, -0.1) is 0 Å². The molecule has 1 aliphatic heterocycles. The van der Waals surface area contributed by atoms with Crippen molar-refractivity contribution < 1.29 is 5.11 Å². The number of hydrogen-bond acceptors (Lipinski definition) is 3. The minimum absolute atomic E-state index is 0.317. The van der Waals surface area contributed by atoms with Gasteiger partial charge in [0.25, 0.3) is 0 Å². The van der Waals surface area contributed by atoms with Gasteiger partial charge in [-0.1, -0.05) is 13.8 Å². The molecule has 1 fully saturated rings. The van der Waals surface area contributed by atoms with Crippen molar-refractivity contribution in [2.45, 2.75) is 38.0 Å². The molecule has 0 saturated carbocycles. The quantitative estimate of drug-likeness (QED) is 0.710. The fourth-order valence-electron chi connectivity index (χ4n) is 1.67. The number of aliphatic hydroxyl groups is 1. The standard InChI is InChI=1S/C10H21NOS/c1-8(3-5-12)7-11-10-4-6-13-9(10)2/h8-12H,3-7H2,1-2H3. The number of rotatable bonds is 5. The van der Waals surface area contributed by atoms with Gasteiger partial charge >= 0.3 is 0 Å². The second-order valence-electron chi connectivity index (χ2n) is 4.00. The van der Waals surface area contributed by atoms with Crippen LogP contribution in [0.15, 0.2) is 0 Å². The van der Waals surface area contributed by atoms with E-state index in [0.29, 0.717) is 18.6 Å². The maximum Gasteiger partial charge on any atom is 0.0434 e. The van der Waals surface area contributed by atoms with Crippen molar-refractivity contribution in [1.29, 1.82) is 0 Å². The topological polar surface area (TPSA) is 32.3 Å². The Morgan fingerprint density at radius 1 is 1.62 bits per heavy atom. The Morgan fingerprint density at radius 3 is 2.92 bits per heavy atom. The predicted molar refractivity (Wildman–Crippen MR) is 59.2 cm³/mol. The van der Waals surface area contributed by atoms with Crippen LogP contribution in [0.1, 0.15) is 26.7 Å². The Bertz CT molecular complexity index is 143. The van der Waals surface area contributed by atoms with Crippen molar-refractivity contribution in [3.05, 3.63) is 0 Å². The lowest BCUT2D eigenvalue weighted by Crippen LogP contribution is -2.36. The summed E-state index contributed by atoms with van der Waals surface area (Å²) in [5.74, 6) is 1.90. The first-order valence-corrected chi connectivity index (χ1v) is 6.24. The first kappa shape index (κ1) is 11.3. The molecule has 1 rings (SSSR count). The largest absolute Gasteiger partial charge is 0.396 e. The molecule has 1 heterocycles. The molecule has 78 valence electrons. The van der Waals surface area contributed by atoms with E-state index in [2.05, 4.69) is 30.9 Å². The zero-order valence-electron chi connectivity index (χ0n) is 8.62. The summed E-state index contributed by atoms with van der Waals surface area (Å²) in [6, 6.07) is 0.700. The lowest BCUT2D eigenvalue weighted by atomic mass is 10.1. The first-order chi connectivity index (χ1) is 6.24. The smallest absolute Gasteiger partial charge is 0.0434 e. The molecule has 0 bridgehead atoms. The molecule has 0 spiro atoms. The van der Waals surface area contributed by atoms with Crippen LogP contribution in [0.4, 0.5) is 0 Å². The van der Waals surface area contributed by atoms with Crippen LogP contribution in [0.5, 0.6) is 0 Å². The van der Waals surface area contributed by atoms with Crippen molar-refractivity contribution in [2.24, 2.45) is 5.92 Å². The lowest BCUT2D eigenvalue weighted by molar-refractivity contribution is 0.257. The molecule has 13 heavy (non-hydrogen) atoms. The normalized spacial score (nSPS) is 30.7. The van der Waals surface area contributed by atoms with Gasteiger partial charge in [0.2, 0.25) is 0 Å². The summed E-state index contributed by atoms with van der Waals surface area (Å²) in [5.41, 5.74) is 0. The maximum absolute atomic E-state index is 8.75. The summed E-state index contributed by atoms with van der Waals surface area (Å²) in [4.78, 5) is 0. The minimum atomic E-state index is 0.317. The van der Waals surface area contributed by atoms with Crippen LogP contribution in [0, 0.1) is 5.92 Å². The Balaban J connectivity index is 2.10. The van der Waals surface area contributed by atoms with Gasteiger partial charge in [-0.3, -0.25) is 0 Å². The predicted octanol–water partition coefficient (Wildman–Crippen LogP) is 1.49. The highest BCUT2D eigenvalue weighted by Crippen LogP contribution is 2.26. The molecule has 3 atom stereocenters. The Labute approximate surface area is 85.5 Å². The molecule has 0 aromatic carbocycles. The SMILES string of the molecule is CC(CCO)CNC1CCSC1C.